The van der Waals surface area contributed by atoms with E-state index in [9.17, 15) is 24.1 Å². The van der Waals surface area contributed by atoms with E-state index >= 15 is 0 Å². The average molecular weight is 539 g/mol. The third-order valence-corrected chi connectivity index (χ3v) is 7.74. The lowest BCUT2D eigenvalue weighted by molar-refractivity contribution is -0.212. The van der Waals surface area contributed by atoms with Crippen LogP contribution in [0.4, 0.5) is 0 Å². The molecule has 202 valence electrons. The molecule has 3 heterocycles. The van der Waals surface area contributed by atoms with Crippen LogP contribution in [-0.2, 0) is 28.1 Å². The van der Waals surface area contributed by atoms with Crippen molar-refractivity contribution >= 4 is 13.7 Å². The lowest BCUT2D eigenvalue weighted by Gasteiger charge is -2.34. The van der Waals surface area contributed by atoms with Crippen molar-refractivity contribution < 1.29 is 37.7 Å². The number of nitrogens with zero attached hydrogens (tertiary/aromatic N) is 1. The van der Waals surface area contributed by atoms with Crippen LogP contribution >= 0.6 is 7.75 Å². The van der Waals surface area contributed by atoms with Gasteiger partial charge in [-0.3, -0.25) is 23.7 Å². The zero-order chi connectivity index (χ0) is 27.0. The highest BCUT2D eigenvalue weighted by Gasteiger charge is 2.69. The lowest BCUT2D eigenvalue weighted by atomic mass is 9.92. The Morgan fingerprint density at radius 3 is 2.62 bits per heavy atom. The van der Waals surface area contributed by atoms with E-state index in [2.05, 4.69) is 10.1 Å². The molecule has 6 atom stereocenters. The molecule has 2 fully saturated rings. The van der Waals surface area contributed by atoms with Crippen molar-refractivity contribution in [1.82, 2.24) is 14.6 Å². The number of hydrogen-bond acceptors (Lipinski definition) is 10. The fourth-order valence-electron chi connectivity index (χ4n) is 4.23. The molecule has 0 saturated carbocycles. The Kier molecular flexibility index (Phi) is 7.48. The van der Waals surface area contributed by atoms with E-state index in [0.29, 0.717) is 0 Å². The quantitative estimate of drug-likeness (QED) is 0.292. The van der Waals surface area contributed by atoms with Crippen molar-refractivity contribution in [1.29, 1.82) is 0 Å². The summed E-state index contributed by atoms with van der Waals surface area (Å²) >= 11 is 0. The lowest BCUT2D eigenvalue weighted by Crippen LogP contribution is -2.46. The number of aromatic amines is 1. The molecule has 0 spiro atoms. The molecule has 1 aromatic heterocycles. The first-order valence-electron chi connectivity index (χ1n) is 11.7. The van der Waals surface area contributed by atoms with Gasteiger partial charge in [0.05, 0.1) is 19.3 Å². The Morgan fingerprint density at radius 1 is 1.27 bits per heavy atom. The molecule has 2 aromatic rings. The third kappa shape index (κ3) is 5.42. The van der Waals surface area contributed by atoms with Gasteiger partial charge in [0.15, 0.2) is 6.23 Å². The van der Waals surface area contributed by atoms with Crippen molar-refractivity contribution in [2.75, 3.05) is 13.2 Å². The summed E-state index contributed by atoms with van der Waals surface area (Å²) in [4.78, 5) is 38.4. The summed E-state index contributed by atoms with van der Waals surface area (Å²) in [5.41, 5.74) is -4.26. The number of aliphatic hydroxyl groups excluding tert-OH is 1. The van der Waals surface area contributed by atoms with E-state index in [1.165, 1.54) is 13.1 Å². The van der Waals surface area contributed by atoms with E-state index in [-0.39, 0.29) is 12.4 Å². The Labute approximate surface area is 212 Å². The number of carbonyl (C=O) groups excluding carboxylic acids is 1. The second kappa shape index (κ2) is 10.2. The van der Waals surface area contributed by atoms with Crippen LogP contribution in [0, 0.1) is 0 Å². The summed E-state index contributed by atoms with van der Waals surface area (Å²) in [6.45, 7) is 5.73. The molecule has 4 rings (SSSR count). The van der Waals surface area contributed by atoms with Crippen LogP contribution in [0.15, 0.2) is 52.2 Å². The van der Waals surface area contributed by atoms with Crippen LogP contribution in [-0.4, -0.2) is 63.3 Å². The van der Waals surface area contributed by atoms with Gasteiger partial charge < -0.3 is 23.8 Å². The van der Waals surface area contributed by atoms with E-state index in [1.54, 1.807) is 51.1 Å². The number of benzene rings is 1. The Bertz CT molecular complexity index is 1300. The largest absolute Gasteiger partial charge is 0.462 e. The van der Waals surface area contributed by atoms with Crippen LogP contribution in [0.1, 0.15) is 33.9 Å². The smallest absolute Gasteiger partial charge is 0.459 e. The molecule has 2 bridgehead atoms. The molecule has 0 amide bonds. The monoisotopic (exact) mass is 539 g/mol. The van der Waals surface area contributed by atoms with E-state index in [4.69, 9.17) is 23.3 Å². The van der Waals surface area contributed by atoms with Gasteiger partial charge in [-0.15, -0.1) is 0 Å². The van der Waals surface area contributed by atoms with Crippen molar-refractivity contribution in [2.45, 2.75) is 63.4 Å². The summed E-state index contributed by atoms with van der Waals surface area (Å²) in [6.07, 6.45) is -1.59. The number of fused-ring (bicyclic) bond motifs is 2. The van der Waals surface area contributed by atoms with Crippen molar-refractivity contribution in [3.8, 4) is 5.75 Å². The van der Waals surface area contributed by atoms with Gasteiger partial charge in [0, 0.05) is 12.3 Å². The van der Waals surface area contributed by atoms with Crippen LogP contribution < -0.4 is 20.9 Å². The minimum absolute atomic E-state index is 0.143. The summed E-state index contributed by atoms with van der Waals surface area (Å²) < 4.78 is 43.3. The first-order chi connectivity index (χ1) is 17.4. The molecule has 2 saturated heterocycles. The number of esters is 1. The number of para-hydroxylation sites is 1. The topological polar surface area (TPSA) is 167 Å². The molecule has 2 aliphatic rings. The fourth-order valence-corrected chi connectivity index (χ4v) is 5.78. The van der Waals surface area contributed by atoms with Gasteiger partial charge in [0.2, 0.25) is 0 Å². The fraction of sp³-hybridized carbons (Fsp3) is 0.522. The Balaban J connectivity index is 1.57. The molecule has 3 N–H and O–H groups in total. The van der Waals surface area contributed by atoms with Crippen LogP contribution in [0.3, 0.4) is 0 Å². The molecule has 13 nitrogen and oxygen atoms in total. The number of carbonyl (C=O) groups is 1. The number of aliphatic hydroxyl groups is 1. The number of ether oxygens (including phenoxy) is 3. The van der Waals surface area contributed by atoms with Gasteiger partial charge in [-0.05, 0) is 39.8 Å². The van der Waals surface area contributed by atoms with E-state index in [1.807, 2.05) is 0 Å². The van der Waals surface area contributed by atoms with E-state index < -0.39 is 67.3 Å². The Hall–Kier alpha value is -2.80. The minimum Gasteiger partial charge on any atom is -0.462 e. The molecule has 0 aliphatic carbocycles. The Morgan fingerprint density at radius 2 is 1.97 bits per heavy atom. The SMILES string of the molecule is CC(C)OC(=O)[C@H](C)NP(=O)(OC[C@]12CO[C@](C)([C@@H]1O)[C@H](n1ccc(=O)[nH]c1=O)O2)Oc1ccccc1. The summed E-state index contributed by atoms with van der Waals surface area (Å²) in [5, 5.41) is 13.7. The minimum atomic E-state index is -4.25. The second-order valence-electron chi connectivity index (χ2n) is 9.44. The predicted molar refractivity (Wildman–Crippen MR) is 129 cm³/mol. The van der Waals surface area contributed by atoms with Crippen LogP contribution in [0.5, 0.6) is 5.75 Å². The predicted octanol–water partition coefficient (Wildman–Crippen LogP) is 1.09. The maximum Gasteiger partial charge on any atom is 0.459 e. The van der Waals surface area contributed by atoms with Gasteiger partial charge in [0.1, 0.15) is 29.1 Å². The van der Waals surface area contributed by atoms with Gasteiger partial charge in [0.25, 0.3) is 5.56 Å². The number of nitrogens with one attached hydrogen (secondary N) is 2. The molecule has 37 heavy (non-hydrogen) atoms. The van der Waals surface area contributed by atoms with E-state index in [0.717, 1.165) is 10.6 Å². The summed E-state index contributed by atoms with van der Waals surface area (Å²) in [6, 6.07) is 8.26. The highest BCUT2D eigenvalue weighted by molar-refractivity contribution is 7.52. The van der Waals surface area contributed by atoms with Crippen LogP contribution in [0.25, 0.3) is 0 Å². The first kappa shape index (κ1) is 27.2. The summed E-state index contributed by atoms with van der Waals surface area (Å²) in [5.74, 6) is -0.460. The molecular formula is C23H30N3O10P. The maximum atomic E-state index is 13.8. The summed E-state index contributed by atoms with van der Waals surface area (Å²) in [7, 11) is -4.25. The van der Waals surface area contributed by atoms with Gasteiger partial charge in [-0.1, -0.05) is 18.2 Å². The number of aromatic nitrogens is 2. The zero-order valence-corrected chi connectivity index (χ0v) is 21.7. The highest BCUT2D eigenvalue weighted by Crippen LogP contribution is 2.54. The van der Waals surface area contributed by atoms with Crippen molar-refractivity contribution in [3.05, 3.63) is 63.4 Å². The normalized spacial score (nSPS) is 29.1. The highest BCUT2D eigenvalue weighted by atomic mass is 31.2. The maximum absolute atomic E-state index is 13.8. The molecule has 1 unspecified atom stereocenters. The second-order valence-corrected chi connectivity index (χ2v) is 11.1. The standard InChI is InChI=1S/C23H30N3O10P/c1-14(2)34-18(28)15(3)25-37(31,36-16-8-6-5-7-9-16)33-13-23-12-32-22(4,19(23)29)20(35-23)26-11-10-17(27)24-21(26)30/h5-11,14-15,19-20,29H,12-13H2,1-4H3,(H,25,31)(H,24,27,30)/t15-,19-,20+,22+,23+,37?/m0/s1. The molecule has 2 aliphatic heterocycles. The number of rotatable bonds is 10. The zero-order valence-electron chi connectivity index (χ0n) is 20.8. The first-order valence-corrected chi connectivity index (χ1v) is 13.2. The van der Waals surface area contributed by atoms with Crippen molar-refractivity contribution in [3.63, 3.8) is 0 Å². The molecule has 0 radical (unpaired) electrons. The van der Waals surface area contributed by atoms with Crippen LogP contribution in [0.2, 0.25) is 0 Å². The third-order valence-electron chi connectivity index (χ3n) is 6.11. The van der Waals surface area contributed by atoms with Gasteiger partial charge >= 0.3 is 19.4 Å². The van der Waals surface area contributed by atoms with Crippen molar-refractivity contribution in [2.24, 2.45) is 0 Å². The molecule has 14 heteroatoms. The number of H-pyrrole nitrogens is 1. The average Bonchev–Trinajstić information content (AvgIpc) is 3.20. The van der Waals surface area contributed by atoms with Gasteiger partial charge in [-0.25, -0.2) is 9.36 Å². The molecular weight excluding hydrogens is 509 g/mol. The van der Waals surface area contributed by atoms with Gasteiger partial charge in [-0.2, -0.15) is 5.09 Å². The molecule has 1 aromatic carbocycles. The number of hydrogen-bond donors (Lipinski definition) is 3.